The van der Waals surface area contributed by atoms with Gasteiger partial charge in [0.15, 0.2) is 5.76 Å². The van der Waals surface area contributed by atoms with E-state index in [0.717, 1.165) is 12.2 Å². The molecule has 2 N–H and O–H groups in total. The van der Waals surface area contributed by atoms with Gasteiger partial charge in [0.25, 0.3) is 5.91 Å². The number of rotatable bonds is 5. The monoisotopic (exact) mass is 211 g/mol. The van der Waals surface area contributed by atoms with E-state index in [2.05, 4.69) is 5.32 Å². The van der Waals surface area contributed by atoms with Crippen LogP contribution in [0, 0.1) is 6.92 Å². The SMILES string of the molecule is Cc1ccc(C(=O)NCCCC(C)O)o1. The van der Waals surface area contributed by atoms with E-state index >= 15 is 0 Å². The minimum atomic E-state index is -0.312. The van der Waals surface area contributed by atoms with Crippen molar-refractivity contribution >= 4 is 5.91 Å². The number of aryl methyl sites for hydroxylation is 1. The van der Waals surface area contributed by atoms with Crippen LogP contribution >= 0.6 is 0 Å². The standard InChI is InChI=1S/C11H17NO3/c1-8(13)4-3-7-12-11(14)10-6-5-9(2)15-10/h5-6,8,13H,3-4,7H2,1-2H3,(H,12,14). The van der Waals surface area contributed by atoms with Crippen molar-refractivity contribution in [3.05, 3.63) is 23.7 Å². The lowest BCUT2D eigenvalue weighted by atomic mass is 10.2. The molecule has 0 radical (unpaired) electrons. The first-order valence-corrected chi connectivity index (χ1v) is 5.12. The van der Waals surface area contributed by atoms with Gasteiger partial charge in [-0.2, -0.15) is 0 Å². The first-order valence-electron chi connectivity index (χ1n) is 5.12. The van der Waals surface area contributed by atoms with Gasteiger partial charge in [0.1, 0.15) is 5.76 Å². The van der Waals surface area contributed by atoms with Gasteiger partial charge in [-0.25, -0.2) is 0 Å². The molecule has 1 rings (SSSR count). The summed E-state index contributed by atoms with van der Waals surface area (Å²) in [5.41, 5.74) is 0. The molecule has 0 aliphatic heterocycles. The number of nitrogens with one attached hydrogen (secondary N) is 1. The Morgan fingerprint density at radius 3 is 2.87 bits per heavy atom. The van der Waals surface area contributed by atoms with Crippen LogP contribution in [0.5, 0.6) is 0 Å². The second-order valence-corrected chi connectivity index (χ2v) is 3.66. The summed E-state index contributed by atoms with van der Waals surface area (Å²) in [6, 6.07) is 3.41. The number of amides is 1. The number of aliphatic hydroxyl groups excluding tert-OH is 1. The third-order valence-corrected chi connectivity index (χ3v) is 2.05. The molecule has 1 unspecified atom stereocenters. The smallest absolute Gasteiger partial charge is 0.286 e. The lowest BCUT2D eigenvalue weighted by molar-refractivity contribution is 0.0921. The van der Waals surface area contributed by atoms with Gasteiger partial charge >= 0.3 is 0 Å². The van der Waals surface area contributed by atoms with Crippen molar-refractivity contribution < 1.29 is 14.3 Å². The quantitative estimate of drug-likeness (QED) is 0.725. The molecule has 4 nitrogen and oxygen atoms in total. The summed E-state index contributed by atoms with van der Waals surface area (Å²) >= 11 is 0. The molecule has 84 valence electrons. The number of hydrogen-bond donors (Lipinski definition) is 2. The number of aliphatic hydroxyl groups is 1. The number of hydrogen-bond acceptors (Lipinski definition) is 3. The zero-order valence-corrected chi connectivity index (χ0v) is 9.12. The van der Waals surface area contributed by atoms with Crippen LogP contribution in [0.3, 0.4) is 0 Å². The summed E-state index contributed by atoms with van der Waals surface area (Å²) in [5, 5.41) is 11.7. The minimum absolute atomic E-state index is 0.200. The Bertz CT molecular complexity index is 317. The Balaban J connectivity index is 2.25. The minimum Gasteiger partial charge on any atom is -0.456 e. The molecule has 0 saturated carbocycles. The number of carbonyl (C=O) groups is 1. The summed E-state index contributed by atoms with van der Waals surface area (Å²) in [6.45, 7) is 4.09. The second kappa shape index (κ2) is 5.56. The largest absolute Gasteiger partial charge is 0.456 e. The van der Waals surface area contributed by atoms with Crippen molar-refractivity contribution in [3.8, 4) is 0 Å². The van der Waals surface area contributed by atoms with E-state index in [-0.39, 0.29) is 12.0 Å². The van der Waals surface area contributed by atoms with Crippen LogP contribution in [0.1, 0.15) is 36.1 Å². The molecule has 0 bridgehead atoms. The summed E-state index contributed by atoms with van der Waals surface area (Å²) in [4.78, 5) is 11.4. The Hall–Kier alpha value is -1.29. The molecule has 0 spiro atoms. The highest BCUT2D eigenvalue weighted by molar-refractivity contribution is 5.91. The molecule has 0 aliphatic rings. The van der Waals surface area contributed by atoms with Gasteiger partial charge in [-0.3, -0.25) is 4.79 Å². The zero-order valence-electron chi connectivity index (χ0n) is 9.12. The van der Waals surface area contributed by atoms with E-state index in [9.17, 15) is 4.79 Å². The normalized spacial score (nSPS) is 12.5. The Morgan fingerprint density at radius 1 is 1.60 bits per heavy atom. The lowest BCUT2D eigenvalue weighted by Gasteiger charge is -2.04. The van der Waals surface area contributed by atoms with Crippen LogP contribution in [0.25, 0.3) is 0 Å². The summed E-state index contributed by atoms with van der Waals surface area (Å²) in [7, 11) is 0. The van der Waals surface area contributed by atoms with E-state index in [0.29, 0.717) is 18.7 Å². The molecule has 1 atom stereocenters. The van der Waals surface area contributed by atoms with Crippen molar-refractivity contribution in [3.63, 3.8) is 0 Å². The van der Waals surface area contributed by atoms with Gasteiger partial charge in [0, 0.05) is 6.54 Å². The van der Waals surface area contributed by atoms with Crippen LogP contribution in [0.15, 0.2) is 16.5 Å². The summed E-state index contributed by atoms with van der Waals surface area (Å²) in [6.07, 6.45) is 1.15. The lowest BCUT2D eigenvalue weighted by Crippen LogP contribution is -2.24. The molecule has 4 heteroatoms. The average molecular weight is 211 g/mol. The van der Waals surface area contributed by atoms with Gasteiger partial charge in [-0.05, 0) is 38.8 Å². The predicted molar refractivity (Wildman–Crippen MR) is 56.7 cm³/mol. The molecule has 1 aromatic rings. The van der Waals surface area contributed by atoms with Crippen LogP contribution in [-0.4, -0.2) is 23.7 Å². The van der Waals surface area contributed by atoms with Gasteiger partial charge in [-0.1, -0.05) is 0 Å². The molecule has 15 heavy (non-hydrogen) atoms. The molecule has 0 fully saturated rings. The number of carbonyl (C=O) groups excluding carboxylic acids is 1. The van der Waals surface area contributed by atoms with E-state index in [1.54, 1.807) is 26.0 Å². The fraction of sp³-hybridized carbons (Fsp3) is 0.545. The molecule has 1 aromatic heterocycles. The Labute approximate surface area is 89.3 Å². The van der Waals surface area contributed by atoms with E-state index in [4.69, 9.17) is 9.52 Å². The topological polar surface area (TPSA) is 62.5 Å². The Kier molecular flexibility index (Phi) is 4.37. The predicted octanol–water partition coefficient (Wildman–Crippen LogP) is 1.48. The summed E-state index contributed by atoms with van der Waals surface area (Å²) in [5.74, 6) is 0.863. The molecule has 1 amide bonds. The van der Waals surface area contributed by atoms with Crippen molar-refractivity contribution in [2.75, 3.05) is 6.54 Å². The van der Waals surface area contributed by atoms with Crippen molar-refractivity contribution in [2.24, 2.45) is 0 Å². The second-order valence-electron chi connectivity index (χ2n) is 3.66. The van der Waals surface area contributed by atoms with Crippen LogP contribution in [0.4, 0.5) is 0 Å². The van der Waals surface area contributed by atoms with Crippen molar-refractivity contribution in [1.82, 2.24) is 5.32 Å². The molecular weight excluding hydrogens is 194 g/mol. The number of furan rings is 1. The van der Waals surface area contributed by atoms with E-state index in [1.807, 2.05) is 0 Å². The zero-order chi connectivity index (χ0) is 11.3. The first-order chi connectivity index (χ1) is 7.09. The van der Waals surface area contributed by atoms with E-state index < -0.39 is 0 Å². The van der Waals surface area contributed by atoms with Gasteiger partial charge in [-0.15, -0.1) is 0 Å². The Morgan fingerprint density at radius 2 is 2.33 bits per heavy atom. The van der Waals surface area contributed by atoms with Crippen LogP contribution in [-0.2, 0) is 0 Å². The maximum Gasteiger partial charge on any atom is 0.286 e. The van der Waals surface area contributed by atoms with Gasteiger partial charge in [0.2, 0.25) is 0 Å². The van der Waals surface area contributed by atoms with Crippen molar-refractivity contribution in [2.45, 2.75) is 32.8 Å². The molecule has 0 aromatic carbocycles. The highest BCUT2D eigenvalue weighted by atomic mass is 16.3. The third kappa shape index (κ3) is 4.16. The molecule has 1 heterocycles. The highest BCUT2D eigenvalue weighted by Crippen LogP contribution is 2.05. The van der Waals surface area contributed by atoms with Crippen LogP contribution < -0.4 is 5.32 Å². The maximum absolute atomic E-state index is 11.4. The fourth-order valence-corrected chi connectivity index (χ4v) is 1.24. The van der Waals surface area contributed by atoms with Gasteiger partial charge < -0.3 is 14.8 Å². The van der Waals surface area contributed by atoms with Crippen molar-refractivity contribution in [1.29, 1.82) is 0 Å². The summed E-state index contributed by atoms with van der Waals surface area (Å²) < 4.78 is 5.16. The first kappa shape index (κ1) is 11.8. The molecule has 0 saturated heterocycles. The molecular formula is C11H17NO3. The average Bonchev–Trinajstić information content (AvgIpc) is 2.59. The van der Waals surface area contributed by atoms with Gasteiger partial charge in [0.05, 0.1) is 6.10 Å². The van der Waals surface area contributed by atoms with Crippen LogP contribution in [0.2, 0.25) is 0 Å². The third-order valence-electron chi connectivity index (χ3n) is 2.05. The maximum atomic E-state index is 11.4. The van der Waals surface area contributed by atoms with E-state index in [1.165, 1.54) is 0 Å². The molecule has 0 aliphatic carbocycles. The fourth-order valence-electron chi connectivity index (χ4n) is 1.24. The highest BCUT2D eigenvalue weighted by Gasteiger charge is 2.08.